The molecular formula is C31H35F6N5O5. The molecule has 5 N–H and O–H groups in total. The monoisotopic (exact) mass is 671 g/mol. The van der Waals surface area contributed by atoms with Crippen LogP contribution in [0.2, 0.25) is 0 Å². The van der Waals surface area contributed by atoms with Crippen molar-refractivity contribution in [3.63, 3.8) is 0 Å². The molecule has 1 aliphatic heterocycles. The molecule has 0 saturated carbocycles. The molecule has 3 amide bonds. The van der Waals surface area contributed by atoms with Crippen LogP contribution in [0.25, 0.3) is 0 Å². The maximum Gasteiger partial charge on any atom is 0.389 e. The van der Waals surface area contributed by atoms with E-state index in [2.05, 4.69) is 10.3 Å². The number of anilines is 1. The Kier molecular flexibility index (Phi) is 12.1. The lowest BCUT2D eigenvalue weighted by molar-refractivity contribution is -0.152. The van der Waals surface area contributed by atoms with E-state index >= 15 is 0 Å². The summed E-state index contributed by atoms with van der Waals surface area (Å²) >= 11 is 0. The zero-order valence-electron chi connectivity index (χ0n) is 25.5. The minimum atomic E-state index is -4.83. The van der Waals surface area contributed by atoms with Crippen LogP contribution in [0.3, 0.4) is 0 Å². The van der Waals surface area contributed by atoms with Gasteiger partial charge in [0, 0.05) is 35.8 Å². The van der Waals surface area contributed by atoms with E-state index in [4.69, 9.17) is 16.2 Å². The minimum Gasteiger partial charge on any atom is -0.443 e. The molecule has 16 heteroatoms. The lowest BCUT2D eigenvalue weighted by Crippen LogP contribution is -2.51. The predicted octanol–water partition coefficient (Wildman–Crippen LogP) is 4.20. The molecule has 0 aliphatic carbocycles. The van der Waals surface area contributed by atoms with Crippen molar-refractivity contribution in [3.05, 3.63) is 65.7 Å². The number of amides is 3. The van der Waals surface area contributed by atoms with Gasteiger partial charge >= 0.3 is 18.3 Å². The number of nitrogens with two attached hydrogens (primary N) is 2. The van der Waals surface area contributed by atoms with Gasteiger partial charge < -0.3 is 21.5 Å². The van der Waals surface area contributed by atoms with Gasteiger partial charge in [-0.3, -0.25) is 24.1 Å². The van der Waals surface area contributed by atoms with Gasteiger partial charge in [0.05, 0.1) is 11.4 Å². The van der Waals surface area contributed by atoms with Crippen molar-refractivity contribution >= 4 is 35.1 Å². The number of nitrogens with zero attached hydrogens (tertiary/aromatic N) is 2. The molecule has 0 bridgehead atoms. The third kappa shape index (κ3) is 10.3. The van der Waals surface area contributed by atoms with E-state index in [0.29, 0.717) is 11.1 Å². The Balaban J connectivity index is 2.08. The second kappa shape index (κ2) is 15.4. The molecule has 4 atom stereocenters. The number of halogens is 6. The van der Waals surface area contributed by atoms with E-state index in [0.717, 1.165) is 4.90 Å². The zero-order chi connectivity index (χ0) is 35.1. The van der Waals surface area contributed by atoms with E-state index in [1.54, 1.807) is 62.4 Å². The molecule has 0 saturated heterocycles. The molecule has 2 aromatic rings. The highest BCUT2D eigenvalue weighted by Crippen LogP contribution is 2.33. The van der Waals surface area contributed by atoms with E-state index in [-0.39, 0.29) is 17.3 Å². The van der Waals surface area contributed by atoms with Gasteiger partial charge in [-0.1, -0.05) is 62.4 Å². The maximum absolute atomic E-state index is 14.0. The first-order chi connectivity index (χ1) is 21.9. The molecule has 2 aromatic carbocycles. The molecule has 0 unspecified atom stereocenters. The smallest absolute Gasteiger partial charge is 0.389 e. The first-order valence-electron chi connectivity index (χ1n) is 14.6. The fraction of sp³-hybridized carbons (Fsp3) is 0.452. The average molecular weight is 672 g/mol. The van der Waals surface area contributed by atoms with Crippen LogP contribution in [0.5, 0.6) is 0 Å². The zero-order valence-corrected chi connectivity index (χ0v) is 25.5. The quantitative estimate of drug-likeness (QED) is 0.214. The van der Waals surface area contributed by atoms with Crippen LogP contribution in [0.1, 0.15) is 50.7 Å². The van der Waals surface area contributed by atoms with Gasteiger partial charge in [-0.25, -0.2) is 4.99 Å². The Hall–Kier alpha value is -4.47. The van der Waals surface area contributed by atoms with Crippen molar-refractivity contribution in [3.8, 4) is 0 Å². The number of fused-ring (bicyclic) bond motifs is 1. The van der Waals surface area contributed by atoms with Gasteiger partial charge in [-0.05, 0) is 24.8 Å². The van der Waals surface area contributed by atoms with Gasteiger partial charge in [-0.15, -0.1) is 0 Å². The molecule has 0 aromatic heterocycles. The molecule has 0 fully saturated rings. The predicted molar refractivity (Wildman–Crippen MR) is 158 cm³/mol. The Bertz CT molecular complexity index is 1460. The average Bonchev–Trinajstić information content (AvgIpc) is 3.10. The summed E-state index contributed by atoms with van der Waals surface area (Å²) < 4.78 is 84.1. The Labute approximate surface area is 266 Å². The highest BCUT2D eigenvalue weighted by Gasteiger charge is 2.41. The summed E-state index contributed by atoms with van der Waals surface area (Å²) in [5.74, 6) is -8.88. The number of carbonyl (C=O) groups excluding carboxylic acids is 4. The van der Waals surface area contributed by atoms with Gasteiger partial charge in [0.15, 0.2) is 6.73 Å². The largest absolute Gasteiger partial charge is 0.443 e. The minimum absolute atomic E-state index is 0.155. The number of rotatable bonds is 13. The number of benzene rings is 2. The molecule has 47 heavy (non-hydrogen) atoms. The van der Waals surface area contributed by atoms with Crippen LogP contribution >= 0.6 is 0 Å². The van der Waals surface area contributed by atoms with Crippen molar-refractivity contribution in [1.29, 1.82) is 0 Å². The highest BCUT2D eigenvalue weighted by atomic mass is 19.4. The second-order valence-corrected chi connectivity index (χ2v) is 11.3. The summed E-state index contributed by atoms with van der Waals surface area (Å²) in [6.07, 6.45) is -16.9. The van der Waals surface area contributed by atoms with E-state index in [1.807, 2.05) is 0 Å². The summed E-state index contributed by atoms with van der Waals surface area (Å²) in [4.78, 5) is 57.8. The van der Waals surface area contributed by atoms with Crippen LogP contribution in [-0.4, -0.2) is 60.7 Å². The third-order valence-corrected chi connectivity index (χ3v) is 7.53. The number of ether oxygens (including phenoxy) is 1. The molecule has 3 rings (SSSR count). The van der Waals surface area contributed by atoms with E-state index < -0.39 is 92.5 Å². The first-order valence-corrected chi connectivity index (χ1v) is 14.6. The summed E-state index contributed by atoms with van der Waals surface area (Å²) in [7, 11) is 0. The highest BCUT2D eigenvalue weighted by molar-refractivity contribution is 6.20. The van der Waals surface area contributed by atoms with Crippen molar-refractivity contribution < 1.29 is 50.3 Å². The number of hydrogen-bond acceptors (Lipinski definition) is 7. The van der Waals surface area contributed by atoms with Crippen LogP contribution in [-0.2, 0) is 23.9 Å². The molecule has 1 heterocycles. The van der Waals surface area contributed by atoms with Crippen LogP contribution in [0.15, 0.2) is 59.6 Å². The van der Waals surface area contributed by atoms with Crippen LogP contribution in [0, 0.1) is 17.8 Å². The lowest BCUT2D eigenvalue weighted by Gasteiger charge is -2.28. The third-order valence-electron chi connectivity index (χ3n) is 7.53. The van der Waals surface area contributed by atoms with Crippen molar-refractivity contribution in [2.45, 2.75) is 64.1 Å². The Morgan fingerprint density at radius 3 is 2.02 bits per heavy atom. The number of primary amides is 1. The number of carbonyl (C=O) groups is 4. The maximum atomic E-state index is 14.0. The van der Waals surface area contributed by atoms with Crippen molar-refractivity contribution in [2.24, 2.45) is 34.2 Å². The molecule has 1 aliphatic rings. The number of nitrogens with one attached hydrogen (secondary N) is 1. The lowest BCUT2D eigenvalue weighted by atomic mass is 9.83. The number of benzodiazepines with no additional fused rings is 1. The number of para-hydroxylation sites is 1. The molecular weight excluding hydrogens is 636 g/mol. The number of esters is 1. The molecule has 10 nitrogen and oxygen atoms in total. The first kappa shape index (κ1) is 37.0. The summed E-state index contributed by atoms with van der Waals surface area (Å²) in [6.45, 7) is 2.65. The van der Waals surface area contributed by atoms with Gasteiger partial charge in [0.1, 0.15) is 6.04 Å². The molecule has 256 valence electrons. The number of hydrogen-bond donors (Lipinski definition) is 3. The van der Waals surface area contributed by atoms with E-state index in [1.165, 1.54) is 6.07 Å². The van der Waals surface area contributed by atoms with Crippen molar-refractivity contribution in [2.75, 3.05) is 11.6 Å². The Morgan fingerprint density at radius 1 is 0.915 bits per heavy atom. The summed E-state index contributed by atoms with van der Waals surface area (Å²) in [5.41, 5.74) is 12.3. The SMILES string of the molecule is CC(C)[C@H](N)C(=O)OCN1C(=O)[C@@H](NC(=O)[C@H](CCC(F)(F)F)[C@H](CCC(F)(F)F)C(N)=O)N=C(c2ccccc2)c2ccccc21. The van der Waals surface area contributed by atoms with Crippen molar-refractivity contribution in [1.82, 2.24) is 5.32 Å². The van der Waals surface area contributed by atoms with Gasteiger partial charge in [0.2, 0.25) is 18.0 Å². The summed E-state index contributed by atoms with van der Waals surface area (Å²) in [6, 6.07) is 13.6. The van der Waals surface area contributed by atoms with Crippen LogP contribution in [0.4, 0.5) is 32.0 Å². The van der Waals surface area contributed by atoms with E-state index in [9.17, 15) is 45.5 Å². The fourth-order valence-corrected chi connectivity index (χ4v) is 4.92. The Morgan fingerprint density at radius 2 is 1.47 bits per heavy atom. The normalized spacial score (nSPS) is 17.2. The van der Waals surface area contributed by atoms with Gasteiger partial charge in [-0.2, -0.15) is 26.3 Å². The molecule has 0 radical (unpaired) electrons. The number of alkyl halides is 6. The van der Waals surface area contributed by atoms with Gasteiger partial charge in [0.25, 0.3) is 5.91 Å². The van der Waals surface area contributed by atoms with Crippen LogP contribution < -0.4 is 21.7 Å². The summed E-state index contributed by atoms with van der Waals surface area (Å²) in [5, 5.41) is 2.23. The second-order valence-electron chi connectivity index (χ2n) is 11.3. The number of aliphatic imine (C=N–C) groups is 1. The molecule has 0 spiro atoms. The topological polar surface area (TPSA) is 157 Å². The fourth-order valence-electron chi connectivity index (χ4n) is 4.92. The standard InChI is InChI=1S/C31H35F6N5O5/c1-17(2)23(38)29(46)47-16-42-22-11-7-6-10-21(22)24(18-8-4-3-5-9-18)40-26(28(42)45)41-27(44)20(13-15-31(35,36)37)19(25(39)43)12-14-30(32,33)34/h3-11,17,19-20,23,26H,12-16,38H2,1-2H3,(H2,39,43)(H,41,44)/t19-,20+,23-,26+/m0/s1.